The first kappa shape index (κ1) is 13.5. The van der Waals surface area contributed by atoms with E-state index in [1.165, 1.54) is 0 Å². The van der Waals surface area contributed by atoms with Gasteiger partial charge in [-0.3, -0.25) is 4.68 Å². The van der Waals surface area contributed by atoms with Crippen LogP contribution in [0.2, 0.25) is 0 Å². The molecule has 2 rings (SSSR count). The van der Waals surface area contributed by atoms with Crippen molar-refractivity contribution in [1.29, 1.82) is 0 Å². The Balaban J connectivity index is 1.92. The summed E-state index contributed by atoms with van der Waals surface area (Å²) in [4.78, 5) is 0. The Bertz CT molecular complexity index is 530. The zero-order valence-electron chi connectivity index (χ0n) is 11.8. The van der Waals surface area contributed by atoms with Gasteiger partial charge in [0, 0.05) is 13.2 Å². The molecule has 0 aliphatic carbocycles. The molecule has 0 spiro atoms. The summed E-state index contributed by atoms with van der Waals surface area (Å²) in [5.74, 6) is 1.17. The van der Waals surface area contributed by atoms with E-state index in [9.17, 15) is 0 Å². The lowest BCUT2D eigenvalue weighted by Gasteiger charge is -2.03. The van der Waals surface area contributed by atoms with Gasteiger partial charge in [0.15, 0.2) is 0 Å². The van der Waals surface area contributed by atoms with Gasteiger partial charge in [-0.25, -0.2) is 0 Å². The van der Waals surface area contributed by atoms with Gasteiger partial charge in [0.2, 0.25) is 5.89 Å². The first-order valence-corrected chi connectivity index (χ1v) is 6.35. The van der Waals surface area contributed by atoms with E-state index >= 15 is 0 Å². The molecule has 0 unspecified atom stereocenters. The zero-order chi connectivity index (χ0) is 13.8. The van der Waals surface area contributed by atoms with Gasteiger partial charge in [0.25, 0.3) is 0 Å². The Morgan fingerprint density at radius 1 is 1.37 bits per heavy atom. The van der Waals surface area contributed by atoms with Crippen LogP contribution < -0.4 is 10.6 Å². The van der Waals surface area contributed by atoms with Crippen LogP contribution in [0, 0.1) is 12.8 Å². The fourth-order valence-electron chi connectivity index (χ4n) is 1.68. The van der Waals surface area contributed by atoms with Crippen molar-refractivity contribution in [2.24, 2.45) is 13.0 Å². The molecule has 2 heterocycles. The smallest absolute Gasteiger partial charge is 0.320 e. The molecule has 0 radical (unpaired) electrons. The van der Waals surface area contributed by atoms with Crippen LogP contribution in [-0.2, 0) is 13.6 Å². The Kier molecular flexibility index (Phi) is 4.16. The summed E-state index contributed by atoms with van der Waals surface area (Å²) < 4.78 is 7.24. The monoisotopic (exact) mass is 264 g/mol. The van der Waals surface area contributed by atoms with Crippen LogP contribution in [0.3, 0.4) is 0 Å². The highest BCUT2D eigenvalue weighted by Crippen LogP contribution is 2.17. The maximum atomic E-state index is 5.50. The predicted molar refractivity (Wildman–Crippen MR) is 72.1 cm³/mol. The van der Waals surface area contributed by atoms with Gasteiger partial charge in [-0.2, -0.15) is 5.10 Å². The minimum Gasteiger partial charge on any atom is -0.406 e. The van der Waals surface area contributed by atoms with E-state index in [1.807, 2.05) is 20.2 Å². The second-order valence-electron chi connectivity index (χ2n) is 4.95. The lowest BCUT2D eigenvalue weighted by Crippen LogP contribution is -2.19. The SMILES string of the molecule is Cc1nn(C)cc1Nc1nnc(CNCC(C)C)o1. The molecule has 0 saturated carbocycles. The van der Waals surface area contributed by atoms with Gasteiger partial charge in [-0.05, 0) is 19.4 Å². The Morgan fingerprint density at radius 3 is 2.79 bits per heavy atom. The summed E-state index contributed by atoms with van der Waals surface area (Å²) in [6.45, 7) is 7.73. The molecule has 0 aliphatic rings. The van der Waals surface area contributed by atoms with Gasteiger partial charge < -0.3 is 15.1 Å². The molecule has 0 bridgehead atoms. The highest BCUT2D eigenvalue weighted by atomic mass is 16.4. The van der Waals surface area contributed by atoms with Gasteiger partial charge in [0.1, 0.15) is 0 Å². The average molecular weight is 264 g/mol. The number of aryl methyl sites for hydroxylation is 2. The van der Waals surface area contributed by atoms with Crippen molar-refractivity contribution in [3.63, 3.8) is 0 Å². The molecule has 0 atom stereocenters. The van der Waals surface area contributed by atoms with Crippen LogP contribution in [0.25, 0.3) is 0 Å². The van der Waals surface area contributed by atoms with Crippen molar-refractivity contribution >= 4 is 11.7 Å². The second kappa shape index (κ2) is 5.83. The summed E-state index contributed by atoms with van der Waals surface area (Å²) in [6, 6.07) is 0.387. The molecule has 7 heteroatoms. The molecule has 0 aromatic carbocycles. The van der Waals surface area contributed by atoms with Crippen molar-refractivity contribution in [1.82, 2.24) is 25.3 Å². The fourth-order valence-corrected chi connectivity index (χ4v) is 1.68. The number of nitrogens with zero attached hydrogens (tertiary/aromatic N) is 4. The highest BCUT2D eigenvalue weighted by molar-refractivity contribution is 5.53. The molecular weight excluding hydrogens is 244 g/mol. The molecule has 2 aromatic rings. The summed E-state index contributed by atoms with van der Waals surface area (Å²) in [5, 5.41) is 18.5. The average Bonchev–Trinajstić information content (AvgIpc) is 2.87. The topological polar surface area (TPSA) is 80.8 Å². The first-order chi connectivity index (χ1) is 9.04. The predicted octanol–water partition coefficient (Wildman–Crippen LogP) is 1.60. The third-order valence-electron chi connectivity index (χ3n) is 2.55. The molecule has 0 fully saturated rings. The highest BCUT2D eigenvalue weighted by Gasteiger charge is 2.09. The van der Waals surface area contributed by atoms with Crippen LogP contribution >= 0.6 is 0 Å². The summed E-state index contributed by atoms with van der Waals surface area (Å²) >= 11 is 0. The molecule has 0 amide bonds. The van der Waals surface area contributed by atoms with Gasteiger partial charge >= 0.3 is 6.01 Å². The Labute approximate surface area is 112 Å². The van der Waals surface area contributed by atoms with E-state index in [2.05, 4.69) is 39.8 Å². The van der Waals surface area contributed by atoms with E-state index in [-0.39, 0.29) is 0 Å². The van der Waals surface area contributed by atoms with E-state index in [0.717, 1.165) is 17.9 Å². The van der Waals surface area contributed by atoms with E-state index in [1.54, 1.807) is 4.68 Å². The van der Waals surface area contributed by atoms with Gasteiger partial charge in [0.05, 0.1) is 17.9 Å². The lowest BCUT2D eigenvalue weighted by molar-refractivity contribution is 0.460. The number of hydrogen-bond acceptors (Lipinski definition) is 6. The van der Waals surface area contributed by atoms with Crippen LogP contribution in [0.1, 0.15) is 25.4 Å². The van der Waals surface area contributed by atoms with Crippen molar-refractivity contribution in [2.75, 3.05) is 11.9 Å². The number of nitrogens with one attached hydrogen (secondary N) is 2. The van der Waals surface area contributed by atoms with E-state index < -0.39 is 0 Å². The normalized spacial score (nSPS) is 11.2. The minimum atomic E-state index is 0.387. The second-order valence-corrected chi connectivity index (χ2v) is 4.95. The zero-order valence-corrected chi connectivity index (χ0v) is 11.8. The molecule has 2 aromatic heterocycles. The fraction of sp³-hybridized carbons (Fsp3) is 0.583. The number of anilines is 2. The van der Waals surface area contributed by atoms with Crippen molar-refractivity contribution in [3.05, 3.63) is 17.8 Å². The summed E-state index contributed by atoms with van der Waals surface area (Å²) in [7, 11) is 1.87. The standard InChI is InChI=1S/C12H20N6O/c1-8(2)5-13-6-11-15-16-12(19-11)14-10-7-18(4)17-9(10)3/h7-8,13H,5-6H2,1-4H3,(H,14,16). The molecule has 104 valence electrons. The first-order valence-electron chi connectivity index (χ1n) is 6.35. The maximum absolute atomic E-state index is 5.50. The number of aromatic nitrogens is 4. The van der Waals surface area contributed by atoms with Crippen LogP contribution in [-0.4, -0.2) is 26.5 Å². The van der Waals surface area contributed by atoms with E-state index in [0.29, 0.717) is 24.4 Å². The summed E-state index contributed by atoms with van der Waals surface area (Å²) in [6.07, 6.45) is 1.87. The Hall–Kier alpha value is -1.89. The van der Waals surface area contributed by atoms with Gasteiger partial charge in [-0.15, -0.1) is 5.10 Å². The molecule has 19 heavy (non-hydrogen) atoms. The van der Waals surface area contributed by atoms with Gasteiger partial charge in [-0.1, -0.05) is 18.9 Å². The number of rotatable bonds is 6. The lowest BCUT2D eigenvalue weighted by atomic mass is 10.2. The molecule has 0 saturated heterocycles. The van der Waals surface area contributed by atoms with Crippen LogP contribution in [0.5, 0.6) is 0 Å². The van der Waals surface area contributed by atoms with Crippen molar-refractivity contribution < 1.29 is 4.42 Å². The molecule has 7 nitrogen and oxygen atoms in total. The van der Waals surface area contributed by atoms with Crippen molar-refractivity contribution in [2.45, 2.75) is 27.3 Å². The molecule has 0 aliphatic heterocycles. The van der Waals surface area contributed by atoms with Crippen LogP contribution in [0.15, 0.2) is 10.6 Å². The third kappa shape index (κ3) is 3.78. The third-order valence-corrected chi connectivity index (χ3v) is 2.55. The van der Waals surface area contributed by atoms with E-state index in [4.69, 9.17) is 4.42 Å². The largest absolute Gasteiger partial charge is 0.406 e. The number of hydrogen-bond donors (Lipinski definition) is 2. The maximum Gasteiger partial charge on any atom is 0.320 e. The van der Waals surface area contributed by atoms with Crippen molar-refractivity contribution in [3.8, 4) is 0 Å². The quantitative estimate of drug-likeness (QED) is 0.825. The minimum absolute atomic E-state index is 0.387. The molecular formula is C12H20N6O. The molecule has 2 N–H and O–H groups in total. The summed E-state index contributed by atoms with van der Waals surface area (Å²) in [5.41, 5.74) is 1.76. The Morgan fingerprint density at radius 2 is 2.16 bits per heavy atom. The van der Waals surface area contributed by atoms with Crippen LogP contribution in [0.4, 0.5) is 11.7 Å².